The first kappa shape index (κ1) is 19.5. The van der Waals surface area contributed by atoms with Crippen molar-refractivity contribution in [2.45, 2.75) is 50.3 Å². The second kappa shape index (κ2) is 7.35. The number of ether oxygens (including phenoxy) is 1. The maximum absolute atomic E-state index is 10.4. The molecule has 9 heteroatoms. The van der Waals surface area contributed by atoms with Gasteiger partial charge in [0.05, 0.1) is 25.6 Å². The molecular weight excluding hydrogens is 386 g/mol. The molecule has 160 valence electrons. The average Bonchev–Trinajstić information content (AvgIpc) is 3.30. The van der Waals surface area contributed by atoms with Gasteiger partial charge < -0.3 is 30.3 Å². The molecule has 5 rings (SSSR count). The van der Waals surface area contributed by atoms with Crippen LogP contribution in [0, 0.1) is 11.3 Å². The summed E-state index contributed by atoms with van der Waals surface area (Å²) in [5, 5.41) is 42.0. The fourth-order valence-corrected chi connectivity index (χ4v) is 5.00. The van der Waals surface area contributed by atoms with E-state index in [4.69, 9.17) is 10.1 Å². The van der Waals surface area contributed by atoms with Gasteiger partial charge >= 0.3 is 0 Å². The molecule has 1 aliphatic carbocycles. The van der Waals surface area contributed by atoms with Gasteiger partial charge in [-0.25, -0.2) is 4.98 Å². The van der Waals surface area contributed by atoms with E-state index in [1.165, 1.54) is 17.5 Å². The van der Waals surface area contributed by atoms with Gasteiger partial charge in [0.25, 0.3) is 0 Å². The highest BCUT2D eigenvalue weighted by atomic mass is 16.6. The number of nitrogens with one attached hydrogen (secondary N) is 2. The Hall–Kier alpha value is -2.46. The van der Waals surface area contributed by atoms with Gasteiger partial charge in [-0.1, -0.05) is 31.2 Å². The zero-order chi connectivity index (χ0) is 21.0. The molecule has 3 heterocycles. The van der Waals surface area contributed by atoms with Gasteiger partial charge in [-0.3, -0.25) is 9.98 Å². The predicted molar refractivity (Wildman–Crippen MR) is 109 cm³/mol. The predicted octanol–water partition coefficient (Wildman–Crippen LogP) is 0.829. The van der Waals surface area contributed by atoms with Crippen LogP contribution in [0.2, 0.25) is 0 Å². The maximum Gasteiger partial charge on any atom is 0.165 e. The van der Waals surface area contributed by atoms with Crippen LogP contribution in [0.1, 0.15) is 42.4 Å². The van der Waals surface area contributed by atoms with Crippen LogP contribution in [0.25, 0.3) is 0 Å². The van der Waals surface area contributed by atoms with Gasteiger partial charge in [-0.05, 0) is 29.9 Å². The molecule has 0 radical (unpaired) electrons. The number of aliphatic hydroxyl groups is 3. The molecule has 0 spiro atoms. The number of aliphatic hydroxyl groups excluding tert-OH is 3. The SMILES string of the molecule is CC1CCc2ccccc2C1N1CNc2c(ncn2[C@@H]2O[C@H](CO)[C@@H](O)[C@H]2O)C1=N. The fraction of sp³-hybridized carbons (Fsp3) is 0.524. The van der Waals surface area contributed by atoms with Crippen LogP contribution in [0.4, 0.5) is 5.82 Å². The highest BCUT2D eigenvalue weighted by molar-refractivity contribution is 6.00. The Morgan fingerprint density at radius 3 is 2.83 bits per heavy atom. The number of amidine groups is 1. The number of hydrogen-bond acceptors (Lipinski definition) is 7. The molecule has 0 amide bonds. The number of rotatable bonds is 3. The van der Waals surface area contributed by atoms with Crippen molar-refractivity contribution < 1.29 is 20.1 Å². The summed E-state index contributed by atoms with van der Waals surface area (Å²) < 4.78 is 7.24. The Kier molecular flexibility index (Phi) is 4.78. The quantitative estimate of drug-likeness (QED) is 0.504. The van der Waals surface area contributed by atoms with Crippen LogP contribution >= 0.6 is 0 Å². The molecule has 0 bridgehead atoms. The maximum atomic E-state index is 10.4. The number of hydrogen-bond donors (Lipinski definition) is 5. The largest absolute Gasteiger partial charge is 0.394 e. The zero-order valence-corrected chi connectivity index (χ0v) is 16.8. The molecule has 0 saturated carbocycles. The van der Waals surface area contributed by atoms with Crippen molar-refractivity contribution in [2.75, 3.05) is 18.6 Å². The van der Waals surface area contributed by atoms with E-state index in [-0.39, 0.29) is 12.6 Å². The molecule has 5 N–H and O–H groups in total. The summed E-state index contributed by atoms with van der Waals surface area (Å²) in [5.41, 5.74) is 3.07. The lowest BCUT2D eigenvalue weighted by molar-refractivity contribution is -0.0519. The average molecular weight is 413 g/mol. The standard InChI is InChI=1S/C21H27N5O4/c1-11-6-7-12-4-2-3-5-13(12)16(11)25-10-24-20-15(19(25)22)23-9-26(20)21-18(29)17(28)14(8-27)30-21/h2-5,9,11,14,16-18,21-22,24,27-29H,6-8,10H2,1H3/t11?,14-,16?,17-,18-,21-/m1/s1. The van der Waals surface area contributed by atoms with Gasteiger partial charge in [0.1, 0.15) is 29.8 Å². The number of imidazole rings is 1. The van der Waals surface area contributed by atoms with Crippen LogP contribution in [0.15, 0.2) is 30.6 Å². The summed E-state index contributed by atoms with van der Waals surface area (Å²) in [6.07, 6.45) is -0.495. The number of anilines is 1. The molecule has 2 aromatic rings. The molecule has 9 nitrogen and oxygen atoms in total. The van der Waals surface area contributed by atoms with E-state index in [0.29, 0.717) is 29.9 Å². The van der Waals surface area contributed by atoms with E-state index >= 15 is 0 Å². The lowest BCUT2D eigenvalue weighted by Gasteiger charge is -2.43. The first-order chi connectivity index (χ1) is 14.5. The fourth-order valence-electron chi connectivity index (χ4n) is 5.00. The van der Waals surface area contributed by atoms with Gasteiger partial charge in [0.15, 0.2) is 12.1 Å². The van der Waals surface area contributed by atoms with Gasteiger partial charge in [0.2, 0.25) is 0 Å². The number of fused-ring (bicyclic) bond motifs is 2. The van der Waals surface area contributed by atoms with Crippen molar-refractivity contribution in [3.63, 3.8) is 0 Å². The Bertz CT molecular complexity index is 963. The van der Waals surface area contributed by atoms with Crippen molar-refractivity contribution in [3.8, 4) is 0 Å². The van der Waals surface area contributed by atoms with Crippen LogP contribution < -0.4 is 5.32 Å². The van der Waals surface area contributed by atoms with Gasteiger partial charge in [-0.2, -0.15) is 0 Å². The van der Waals surface area contributed by atoms with E-state index in [1.807, 2.05) is 11.0 Å². The summed E-state index contributed by atoms with van der Waals surface area (Å²) in [5.74, 6) is 1.29. The highest BCUT2D eigenvalue weighted by Gasteiger charge is 2.45. The molecule has 30 heavy (non-hydrogen) atoms. The third-order valence-corrected chi connectivity index (χ3v) is 6.63. The van der Waals surface area contributed by atoms with E-state index in [0.717, 1.165) is 12.8 Å². The molecule has 1 aromatic carbocycles. The Morgan fingerprint density at radius 1 is 1.27 bits per heavy atom. The van der Waals surface area contributed by atoms with Crippen molar-refractivity contribution in [3.05, 3.63) is 47.4 Å². The summed E-state index contributed by atoms with van der Waals surface area (Å²) in [6.45, 7) is 2.26. The molecule has 1 fully saturated rings. The normalized spacial score (nSPS) is 33.2. The molecule has 6 atom stereocenters. The minimum absolute atomic E-state index is 0.0853. The van der Waals surface area contributed by atoms with Gasteiger partial charge in [-0.15, -0.1) is 0 Å². The smallest absolute Gasteiger partial charge is 0.165 e. The third-order valence-electron chi connectivity index (χ3n) is 6.63. The number of nitrogens with zero attached hydrogens (tertiary/aromatic N) is 3. The first-order valence-corrected chi connectivity index (χ1v) is 10.4. The van der Waals surface area contributed by atoms with E-state index in [1.54, 1.807) is 4.57 Å². The second-order valence-electron chi connectivity index (χ2n) is 8.39. The topological polar surface area (TPSA) is 127 Å². The molecule has 3 aliphatic rings. The van der Waals surface area contributed by atoms with Crippen LogP contribution in [0.3, 0.4) is 0 Å². The lowest BCUT2D eigenvalue weighted by Crippen LogP contribution is -2.46. The van der Waals surface area contributed by atoms with E-state index in [2.05, 4.69) is 35.4 Å². The van der Waals surface area contributed by atoms with Gasteiger partial charge in [0, 0.05) is 0 Å². The number of aryl methyl sites for hydroxylation is 1. The van der Waals surface area contributed by atoms with E-state index < -0.39 is 24.5 Å². The first-order valence-electron chi connectivity index (χ1n) is 10.4. The zero-order valence-electron chi connectivity index (χ0n) is 16.8. The van der Waals surface area contributed by atoms with Crippen LogP contribution in [0.5, 0.6) is 0 Å². The number of benzene rings is 1. The Labute approximate surface area is 174 Å². The Morgan fingerprint density at radius 2 is 2.07 bits per heavy atom. The molecule has 2 aliphatic heterocycles. The summed E-state index contributed by atoms with van der Waals surface area (Å²) >= 11 is 0. The lowest BCUT2D eigenvalue weighted by atomic mass is 9.79. The summed E-state index contributed by atoms with van der Waals surface area (Å²) in [4.78, 5) is 6.46. The molecule has 1 aromatic heterocycles. The monoisotopic (exact) mass is 413 g/mol. The van der Waals surface area contributed by atoms with Crippen LogP contribution in [-0.2, 0) is 11.2 Å². The molecular formula is C21H27N5O4. The minimum Gasteiger partial charge on any atom is -0.394 e. The molecule has 2 unspecified atom stereocenters. The van der Waals surface area contributed by atoms with Crippen molar-refractivity contribution in [1.29, 1.82) is 5.41 Å². The summed E-state index contributed by atoms with van der Waals surface area (Å²) in [6, 6.07) is 8.51. The summed E-state index contributed by atoms with van der Waals surface area (Å²) in [7, 11) is 0. The van der Waals surface area contributed by atoms with Crippen molar-refractivity contribution >= 4 is 11.7 Å². The Balaban J connectivity index is 1.45. The van der Waals surface area contributed by atoms with E-state index in [9.17, 15) is 15.3 Å². The second-order valence-corrected chi connectivity index (χ2v) is 8.39. The minimum atomic E-state index is -1.19. The van der Waals surface area contributed by atoms with Crippen molar-refractivity contribution in [1.82, 2.24) is 14.5 Å². The van der Waals surface area contributed by atoms with Crippen molar-refractivity contribution in [2.24, 2.45) is 5.92 Å². The number of aromatic nitrogens is 2. The molecule has 1 saturated heterocycles. The highest BCUT2D eigenvalue weighted by Crippen LogP contribution is 2.41. The third kappa shape index (κ3) is 2.84. The van der Waals surface area contributed by atoms with Crippen LogP contribution in [-0.4, -0.2) is 67.2 Å².